The van der Waals surface area contributed by atoms with Gasteiger partial charge in [-0.15, -0.1) is 0 Å². The Morgan fingerprint density at radius 1 is 1.32 bits per heavy atom. The van der Waals surface area contributed by atoms with Gasteiger partial charge in [0.25, 0.3) is 0 Å². The van der Waals surface area contributed by atoms with Crippen LogP contribution >= 0.6 is 0 Å². The third-order valence-corrected chi connectivity index (χ3v) is 7.02. The van der Waals surface area contributed by atoms with Gasteiger partial charge in [0.05, 0.1) is 6.10 Å². The van der Waals surface area contributed by atoms with Crippen LogP contribution in [0.5, 0.6) is 0 Å². The fourth-order valence-electron chi connectivity index (χ4n) is 5.38. The molecule has 2 saturated carbocycles. The Kier molecular flexibility index (Phi) is 4.11. The summed E-state index contributed by atoms with van der Waals surface area (Å²) >= 11 is 0. The lowest BCUT2D eigenvalue weighted by Gasteiger charge is -2.42. The molecule has 0 heterocycles. The maximum absolute atomic E-state index is 10.1. The topological polar surface area (TPSA) is 20.2 Å². The quantitative estimate of drug-likeness (QED) is 0.464. The van der Waals surface area contributed by atoms with Crippen molar-refractivity contribution < 1.29 is 17.4 Å². The van der Waals surface area contributed by atoms with E-state index in [-0.39, 0.29) is 24.4 Å². The van der Waals surface area contributed by atoms with Crippen molar-refractivity contribution in [3.05, 3.63) is 47.1 Å². The SMILES string of the molecule is [2H]C([2H])([2H])C(CCC[C@H](C)C1=CC[C@H]2/C(=C/C=C3/C[C@@H](O)CCC3=C)CCC[C@]12C([2H])([2H])[2H])C([2H])([2H])[2H]. The molecule has 28 heavy (non-hydrogen) atoms. The van der Waals surface area contributed by atoms with E-state index in [1.54, 1.807) is 0 Å². The third kappa shape index (κ3) is 4.73. The Balaban J connectivity index is 1.81. The molecule has 0 spiro atoms. The van der Waals surface area contributed by atoms with E-state index in [1.165, 1.54) is 0 Å². The van der Waals surface area contributed by atoms with E-state index < -0.39 is 31.9 Å². The predicted molar refractivity (Wildman–Crippen MR) is 121 cm³/mol. The lowest BCUT2D eigenvalue weighted by molar-refractivity contribution is 0.158. The highest BCUT2D eigenvalue weighted by Crippen LogP contribution is 2.57. The van der Waals surface area contributed by atoms with E-state index in [4.69, 9.17) is 12.3 Å². The summed E-state index contributed by atoms with van der Waals surface area (Å²) in [4.78, 5) is 0. The number of hydrogen-bond donors (Lipinski definition) is 1. The molecule has 0 amide bonds. The van der Waals surface area contributed by atoms with Gasteiger partial charge >= 0.3 is 0 Å². The summed E-state index contributed by atoms with van der Waals surface area (Å²) in [6, 6.07) is 0. The fourth-order valence-corrected chi connectivity index (χ4v) is 5.38. The van der Waals surface area contributed by atoms with E-state index in [0.717, 1.165) is 48.0 Å². The van der Waals surface area contributed by atoms with Crippen LogP contribution in [0.1, 0.15) is 104 Å². The monoisotopic (exact) mass is 391 g/mol. The molecule has 0 unspecified atom stereocenters. The lowest BCUT2D eigenvalue weighted by atomic mass is 9.62. The van der Waals surface area contributed by atoms with Gasteiger partial charge in [-0.1, -0.05) is 81.8 Å². The highest BCUT2D eigenvalue weighted by molar-refractivity contribution is 5.38. The van der Waals surface area contributed by atoms with Gasteiger partial charge in [0.15, 0.2) is 0 Å². The first-order valence-electron chi connectivity index (χ1n) is 15.4. The van der Waals surface area contributed by atoms with Crippen molar-refractivity contribution in [1.82, 2.24) is 0 Å². The summed E-state index contributed by atoms with van der Waals surface area (Å²) in [6.45, 7) is -1.16. The molecule has 1 heteroatoms. The summed E-state index contributed by atoms with van der Waals surface area (Å²) in [7, 11) is 0. The van der Waals surface area contributed by atoms with Crippen LogP contribution in [0.25, 0.3) is 0 Å². The summed E-state index contributed by atoms with van der Waals surface area (Å²) < 4.78 is 71.7. The second kappa shape index (κ2) is 9.16. The maximum atomic E-state index is 10.1. The average Bonchev–Trinajstić information content (AvgIpc) is 3.17. The summed E-state index contributed by atoms with van der Waals surface area (Å²) in [6.07, 6.45) is 11.8. The molecule has 0 aromatic carbocycles. The Bertz CT molecular complexity index is 921. The molecule has 0 aromatic rings. The number of fused-ring (bicyclic) bond motifs is 1. The molecule has 0 bridgehead atoms. The molecule has 3 rings (SSSR count). The molecule has 3 aliphatic carbocycles. The predicted octanol–water partition coefficient (Wildman–Crippen LogP) is 7.54. The minimum Gasteiger partial charge on any atom is -0.393 e. The van der Waals surface area contributed by atoms with E-state index in [2.05, 4.69) is 18.7 Å². The highest BCUT2D eigenvalue weighted by Gasteiger charge is 2.45. The normalized spacial score (nSPS) is 40.9. The summed E-state index contributed by atoms with van der Waals surface area (Å²) in [5.41, 5.74) is 3.17. The second-order valence-electron chi connectivity index (χ2n) is 9.09. The molecule has 1 N–H and O–H groups in total. The molecule has 2 fully saturated rings. The van der Waals surface area contributed by atoms with Crippen molar-refractivity contribution in [2.75, 3.05) is 0 Å². The van der Waals surface area contributed by atoms with Gasteiger partial charge in [-0.25, -0.2) is 0 Å². The van der Waals surface area contributed by atoms with Crippen molar-refractivity contribution in [2.45, 2.75) is 97.8 Å². The van der Waals surface area contributed by atoms with Gasteiger partial charge in [-0.05, 0) is 80.1 Å². The second-order valence-corrected chi connectivity index (χ2v) is 9.09. The van der Waals surface area contributed by atoms with Gasteiger partial charge in [-0.2, -0.15) is 0 Å². The Hall–Kier alpha value is -1.08. The van der Waals surface area contributed by atoms with Crippen LogP contribution in [0.3, 0.4) is 0 Å². The van der Waals surface area contributed by atoms with E-state index in [0.29, 0.717) is 32.1 Å². The molecule has 0 aromatic heterocycles. The minimum absolute atomic E-state index is 0.0588. The molecule has 156 valence electrons. The van der Waals surface area contributed by atoms with Crippen LogP contribution in [0, 0.1) is 23.2 Å². The molecule has 1 nitrogen and oxygen atoms in total. The van der Waals surface area contributed by atoms with Crippen LogP contribution < -0.4 is 0 Å². The van der Waals surface area contributed by atoms with Gasteiger partial charge in [0.2, 0.25) is 0 Å². The van der Waals surface area contributed by atoms with Crippen LogP contribution in [0.2, 0.25) is 0 Å². The molecule has 3 aliphatic rings. The van der Waals surface area contributed by atoms with E-state index in [1.807, 2.05) is 13.0 Å². The van der Waals surface area contributed by atoms with Crippen LogP contribution in [0.15, 0.2) is 47.1 Å². The van der Waals surface area contributed by atoms with Gasteiger partial charge < -0.3 is 5.11 Å². The third-order valence-electron chi connectivity index (χ3n) is 7.02. The Labute approximate surface area is 186 Å². The van der Waals surface area contributed by atoms with Crippen molar-refractivity contribution in [1.29, 1.82) is 0 Å². The highest BCUT2D eigenvalue weighted by atomic mass is 16.3. The van der Waals surface area contributed by atoms with Crippen LogP contribution in [-0.2, 0) is 0 Å². The first kappa shape index (κ1) is 12.6. The largest absolute Gasteiger partial charge is 0.393 e. The lowest BCUT2D eigenvalue weighted by Crippen LogP contribution is -2.32. The van der Waals surface area contributed by atoms with Crippen molar-refractivity contribution >= 4 is 0 Å². The molecular formula is C27H42O. The average molecular weight is 392 g/mol. The first-order chi connectivity index (χ1) is 17.0. The van der Waals surface area contributed by atoms with Gasteiger partial charge in [0.1, 0.15) is 0 Å². The Morgan fingerprint density at radius 3 is 2.96 bits per heavy atom. The van der Waals surface area contributed by atoms with Crippen LogP contribution in [0.4, 0.5) is 0 Å². The first-order valence-corrected chi connectivity index (χ1v) is 10.9. The smallest absolute Gasteiger partial charge is 0.0583 e. The van der Waals surface area contributed by atoms with E-state index >= 15 is 0 Å². The number of allylic oxidation sites excluding steroid dienone is 6. The standard InChI is InChI=1S/C27H42O/c1-19(2)8-6-9-21(4)25-15-16-26-22(10-7-17-27(25,26)5)12-13-23-18-24(28)14-11-20(23)3/h12-13,15,19,21,24,26,28H,3,6-11,14,16-18H2,1-2,4-5H3/b22-12+,23-13-/t21-,24-,26-,27+/m0/s1/i1D3,2D3,5D3. The number of hydrogen-bond acceptors (Lipinski definition) is 1. The van der Waals surface area contributed by atoms with Crippen molar-refractivity contribution in [3.63, 3.8) is 0 Å². The zero-order valence-corrected chi connectivity index (χ0v) is 17.3. The molecule has 4 atom stereocenters. The Morgan fingerprint density at radius 2 is 2.18 bits per heavy atom. The van der Waals surface area contributed by atoms with Gasteiger partial charge in [-0.3, -0.25) is 0 Å². The maximum Gasteiger partial charge on any atom is 0.0583 e. The molecule has 0 radical (unpaired) electrons. The number of aliphatic hydroxyl groups excluding tert-OH is 1. The van der Waals surface area contributed by atoms with E-state index in [9.17, 15) is 5.11 Å². The number of aliphatic hydroxyl groups is 1. The van der Waals surface area contributed by atoms with Crippen molar-refractivity contribution in [2.24, 2.45) is 23.2 Å². The summed E-state index contributed by atoms with van der Waals surface area (Å²) in [5.74, 6) is -1.58. The summed E-state index contributed by atoms with van der Waals surface area (Å²) in [5, 5.41) is 10.1. The molecule has 0 aliphatic heterocycles. The van der Waals surface area contributed by atoms with Crippen molar-refractivity contribution in [3.8, 4) is 0 Å². The minimum atomic E-state index is -2.55. The van der Waals surface area contributed by atoms with Crippen LogP contribution in [-0.4, -0.2) is 11.2 Å². The van der Waals surface area contributed by atoms with Gasteiger partial charge in [0, 0.05) is 12.3 Å². The molecule has 0 saturated heterocycles. The fraction of sp³-hybridized carbons (Fsp3) is 0.704. The molecular weight excluding hydrogens is 340 g/mol. The number of rotatable bonds is 6. The zero-order chi connectivity index (χ0) is 27.8. The zero-order valence-electron chi connectivity index (χ0n) is 26.3.